The fourth-order valence-electron chi connectivity index (χ4n) is 2.47. The number of nitro groups is 1. The number of rotatable bonds is 5. The van der Waals surface area contributed by atoms with E-state index in [9.17, 15) is 23.3 Å². The Bertz CT molecular complexity index is 813. The molecule has 0 aromatic heterocycles. The fraction of sp³-hybridized carbons (Fsp3) is 0.214. The molecule has 1 aromatic rings. The summed E-state index contributed by atoms with van der Waals surface area (Å²) in [6.07, 6.45) is 0.508. The van der Waals surface area contributed by atoms with Crippen LogP contribution in [0, 0.1) is 10.1 Å². The molecule has 8 nitrogen and oxygen atoms in total. The van der Waals surface area contributed by atoms with E-state index in [2.05, 4.69) is 0 Å². The summed E-state index contributed by atoms with van der Waals surface area (Å²) in [5.74, 6) is 0.0901. The summed E-state index contributed by atoms with van der Waals surface area (Å²) < 4.78 is 29.0. The molecule has 1 aromatic carbocycles. The van der Waals surface area contributed by atoms with Gasteiger partial charge in [0, 0.05) is 16.6 Å². The number of sulfonamides is 1. The predicted octanol–water partition coefficient (Wildman–Crippen LogP) is 0.835. The Morgan fingerprint density at radius 1 is 1.35 bits per heavy atom. The summed E-state index contributed by atoms with van der Waals surface area (Å²) in [5.41, 5.74) is 0.499. The molecule has 0 saturated carbocycles. The molecule has 9 heteroatoms. The number of hydrogen-bond acceptors (Lipinski definition) is 6. The van der Waals surface area contributed by atoms with E-state index in [1.54, 1.807) is 30.3 Å². The average Bonchev–Trinajstić information content (AvgIpc) is 2.52. The van der Waals surface area contributed by atoms with Crippen LogP contribution in [0.25, 0.3) is 5.57 Å². The van der Waals surface area contributed by atoms with Crippen LogP contribution in [0.3, 0.4) is 0 Å². The first-order valence-corrected chi connectivity index (χ1v) is 7.99. The lowest BCUT2D eigenvalue weighted by Gasteiger charge is -2.27. The molecule has 1 unspecified atom stereocenters. The van der Waals surface area contributed by atoms with Crippen LogP contribution in [0.1, 0.15) is 12.0 Å². The van der Waals surface area contributed by atoms with E-state index in [4.69, 9.17) is 9.88 Å². The number of carbonyl (C=O) groups is 1. The molecule has 122 valence electrons. The summed E-state index contributed by atoms with van der Waals surface area (Å²) in [7, 11) is -3.33. The van der Waals surface area contributed by atoms with Crippen molar-refractivity contribution >= 4 is 21.9 Å². The van der Waals surface area contributed by atoms with E-state index in [0.717, 1.165) is 6.08 Å². The summed E-state index contributed by atoms with van der Waals surface area (Å²) in [5, 5.41) is 16.6. The Morgan fingerprint density at radius 2 is 1.96 bits per heavy atom. The quantitative estimate of drug-likeness (QED) is 0.481. The van der Waals surface area contributed by atoms with Crippen LogP contribution in [0.2, 0.25) is 0 Å². The van der Waals surface area contributed by atoms with E-state index < -0.39 is 26.2 Å². The van der Waals surface area contributed by atoms with Gasteiger partial charge in [0.2, 0.25) is 0 Å². The van der Waals surface area contributed by atoms with Gasteiger partial charge >= 0.3 is 4.87 Å². The van der Waals surface area contributed by atoms with Gasteiger partial charge in [-0.15, -0.1) is 0 Å². The number of primary sulfonamides is 1. The first-order valence-electron chi connectivity index (χ1n) is 6.44. The van der Waals surface area contributed by atoms with Crippen LogP contribution in [0.4, 0.5) is 0 Å². The number of benzene rings is 1. The van der Waals surface area contributed by atoms with E-state index in [-0.39, 0.29) is 16.9 Å². The van der Waals surface area contributed by atoms with Crippen molar-refractivity contribution in [1.82, 2.24) is 0 Å². The molecule has 0 spiro atoms. The van der Waals surface area contributed by atoms with Crippen molar-refractivity contribution in [3.05, 3.63) is 63.4 Å². The SMILES string of the molecule is COC1=C(c2ccccc2)CC([N+](=O)[O-])(S(N)(=O)=O)C=C1C=O. The first kappa shape index (κ1) is 16.8. The zero-order valence-electron chi connectivity index (χ0n) is 12.1. The number of aldehydes is 1. The van der Waals surface area contributed by atoms with Crippen LogP contribution in [0.15, 0.2) is 47.7 Å². The second-order valence-corrected chi connectivity index (χ2v) is 6.72. The standard InChI is InChI=1S/C14H14N2O6S/c1-22-13-11(9-17)7-14(16(18)19,23(15,20)21)8-12(13)10-5-3-2-4-6-10/h2-7,9H,8H2,1H3,(H2,15,20,21). The number of ether oxygens (including phenoxy) is 1. The number of allylic oxidation sites excluding steroid dienone is 1. The van der Waals surface area contributed by atoms with Gasteiger partial charge in [-0.05, 0) is 5.56 Å². The second kappa shape index (κ2) is 5.94. The summed E-state index contributed by atoms with van der Waals surface area (Å²) in [4.78, 5) is 19.2. The number of carbonyl (C=O) groups excluding carboxylic acids is 1. The maximum Gasteiger partial charge on any atom is 0.355 e. The maximum absolute atomic E-state index is 11.9. The van der Waals surface area contributed by atoms with Gasteiger partial charge in [-0.2, -0.15) is 0 Å². The molecule has 23 heavy (non-hydrogen) atoms. The largest absolute Gasteiger partial charge is 0.496 e. The van der Waals surface area contributed by atoms with Gasteiger partial charge in [0.1, 0.15) is 5.76 Å². The van der Waals surface area contributed by atoms with Crippen LogP contribution < -0.4 is 5.14 Å². The van der Waals surface area contributed by atoms with Gasteiger partial charge in [0.05, 0.1) is 19.1 Å². The molecule has 1 atom stereocenters. The van der Waals surface area contributed by atoms with Gasteiger partial charge < -0.3 is 4.74 Å². The molecule has 0 bridgehead atoms. The minimum atomic E-state index is -4.63. The van der Waals surface area contributed by atoms with Crippen molar-refractivity contribution in [2.45, 2.75) is 11.3 Å². The second-order valence-electron chi connectivity index (χ2n) is 4.92. The third-order valence-corrected chi connectivity index (χ3v) is 5.00. The van der Waals surface area contributed by atoms with Crippen LogP contribution in [0.5, 0.6) is 0 Å². The number of nitrogens with zero attached hydrogens (tertiary/aromatic N) is 1. The predicted molar refractivity (Wildman–Crippen MR) is 82.0 cm³/mol. The number of hydrogen-bond donors (Lipinski definition) is 1. The van der Waals surface area contributed by atoms with Gasteiger partial charge in [-0.3, -0.25) is 14.9 Å². The molecular weight excluding hydrogens is 324 g/mol. The van der Waals surface area contributed by atoms with E-state index in [1.807, 2.05) is 0 Å². The van der Waals surface area contributed by atoms with E-state index in [1.165, 1.54) is 7.11 Å². The molecule has 0 radical (unpaired) electrons. The first-order chi connectivity index (χ1) is 10.8. The fourth-order valence-corrected chi connectivity index (χ4v) is 3.32. The van der Waals surface area contributed by atoms with Crippen LogP contribution in [-0.4, -0.2) is 31.6 Å². The Morgan fingerprint density at radius 3 is 2.39 bits per heavy atom. The normalized spacial score (nSPS) is 21.6. The molecule has 0 heterocycles. The molecular formula is C14H14N2O6S. The van der Waals surface area contributed by atoms with Crippen molar-refractivity contribution in [3.63, 3.8) is 0 Å². The summed E-state index contributed by atoms with van der Waals surface area (Å²) in [6, 6.07) is 8.36. The average molecular weight is 338 g/mol. The highest BCUT2D eigenvalue weighted by molar-refractivity contribution is 7.90. The minimum absolute atomic E-state index is 0.0901. The van der Waals surface area contributed by atoms with Gasteiger partial charge in [0.15, 0.2) is 6.29 Å². The Hall–Kier alpha value is -2.52. The zero-order valence-corrected chi connectivity index (χ0v) is 12.9. The highest BCUT2D eigenvalue weighted by Crippen LogP contribution is 2.40. The Kier molecular flexibility index (Phi) is 4.35. The Balaban J connectivity index is 2.79. The van der Waals surface area contributed by atoms with Crippen LogP contribution >= 0.6 is 0 Å². The third kappa shape index (κ3) is 2.76. The van der Waals surface area contributed by atoms with Gasteiger partial charge in [-0.1, -0.05) is 30.3 Å². The van der Waals surface area contributed by atoms with Crippen molar-refractivity contribution in [3.8, 4) is 0 Å². The smallest absolute Gasteiger partial charge is 0.355 e. The van der Waals surface area contributed by atoms with Gasteiger partial charge in [-0.25, -0.2) is 13.6 Å². The van der Waals surface area contributed by atoms with Gasteiger partial charge in [0.25, 0.3) is 10.0 Å². The monoisotopic (exact) mass is 338 g/mol. The molecule has 0 fully saturated rings. The molecule has 0 saturated heterocycles. The van der Waals surface area contributed by atoms with Crippen molar-refractivity contribution in [2.24, 2.45) is 5.14 Å². The summed E-state index contributed by atoms with van der Waals surface area (Å²) in [6.45, 7) is 0. The van der Waals surface area contributed by atoms with Crippen molar-refractivity contribution in [2.75, 3.05) is 7.11 Å². The number of methoxy groups -OCH3 is 1. The lowest BCUT2D eigenvalue weighted by atomic mass is 9.89. The minimum Gasteiger partial charge on any atom is -0.496 e. The number of nitrogens with two attached hydrogens (primary N) is 1. The Labute approximate surface area is 132 Å². The molecule has 2 rings (SSSR count). The third-order valence-electron chi connectivity index (χ3n) is 3.60. The summed E-state index contributed by atoms with van der Waals surface area (Å²) >= 11 is 0. The van der Waals surface area contributed by atoms with E-state index in [0.29, 0.717) is 11.8 Å². The molecule has 1 aliphatic rings. The maximum atomic E-state index is 11.9. The lowest BCUT2D eigenvalue weighted by Crippen LogP contribution is -2.50. The molecule has 2 N–H and O–H groups in total. The molecule has 0 amide bonds. The highest BCUT2D eigenvalue weighted by Gasteiger charge is 2.56. The van der Waals surface area contributed by atoms with Crippen LogP contribution in [-0.2, 0) is 19.6 Å². The molecule has 1 aliphatic carbocycles. The topological polar surface area (TPSA) is 130 Å². The van der Waals surface area contributed by atoms with Crippen molar-refractivity contribution in [1.29, 1.82) is 0 Å². The zero-order chi connectivity index (χ0) is 17.3. The van der Waals surface area contributed by atoms with Crippen molar-refractivity contribution < 1.29 is 22.9 Å². The molecule has 0 aliphatic heterocycles. The lowest BCUT2D eigenvalue weighted by molar-refractivity contribution is -0.525. The highest BCUT2D eigenvalue weighted by atomic mass is 32.2. The van der Waals surface area contributed by atoms with E-state index >= 15 is 0 Å².